The lowest BCUT2D eigenvalue weighted by Gasteiger charge is -1.96. The number of rotatable bonds is 2. The molecule has 1 heteroatoms. The number of carbonyl (C=O) groups excluding carboxylic acids is 1. The van der Waals surface area contributed by atoms with Gasteiger partial charge in [-0.3, -0.25) is 4.79 Å². The quantitative estimate of drug-likeness (QED) is 0.628. The first-order chi connectivity index (χ1) is 5.18. The Hall–Kier alpha value is -1.11. The van der Waals surface area contributed by atoms with E-state index in [0.29, 0.717) is 6.42 Å². The molecule has 1 rings (SSSR count). The highest BCUT2D eigenvalue weighted by Gasteiger charge is 1.95. The van der Waals surface area contributed by atoms with Crippen LogP contribution in [0.3, 0.4) is 0 Å². The van der Waals surface area contributed by atoms with E-state index in [4.69, 9.17) is 0 Å². The molecule has 58 valence electrons. The van der Waals surface area contributed by atoms with Gasteiger partial charge < -0.3 is 0 Å². The van der Waals surface area contributed by atoms with Crippen LogP contribution in [-0.2, 0) is 11.2 Å². The predicted octanol–water partition coefficient (Wildman–Crippen LogP) is 2.13. The molecule has 0 radical (unpaired) electrons. The molecule has 0 saturated carbocycles. The molecule has 0 N–H and O–H groups in total. The first kappa shape index (κ1) is 7.99. The Balaban J connectivity index is 2.74. The first-order valence-electron chi connectivity index (χ1n) is 3.73. The van der Waals surface area contributed by atoms with Crippen molar-refractivity contribution in [1.82, 2.24) is 0 Å². The van der Waals surface area contributed by atoms with Gasteiger partial charge in [0.15, 0.2) is 0 Å². The lowest BCUT2D eigenvalue weighted by atomic mass is 10.1. The van der Waals surface area contributed by atoms with E-state index in [2.05, 4.69) is 0 Å². The van der Waals surface area contributed by atoms with Crippen molar-refractivity contribution >= 4 is 5.78 Å². The minimum atomic E-state index is 0.217. The minimum Gasteiger partial charge on any atom is -0.300 e. The second-order valence-electron chi connectivity index (χ2n) is 2.86. The monoisotopic (exact) mass is 148 g/mol. The maximum absolute atomic E-state index is 10.7. The average Bonchev–Trinajstić information content (AvgIpc) is 1.93. The SMILES string of the molecule is CC(=O)Cc1ccc(C)cc1. The van der Waals surface area contributed by atoms with Gasteiger partial charge in [0.25, 0.3) is 0 Å². The summed E-state index contributed by atoms with van der Waals surface area (Å²) in [4.78, 5) is 10.7. The Bertz CT molecular complexity index is 246. The molecule has 0 aliphatic heterocycles. The lowest BCUT2D eigenvalue weighted by molar-refractivity contribution is -0.116. The van der Waals surface area contributed by atoms with Crippen LogP contribution in [0.25, 0.3) is 0 Å². The molecule has 0 heterocycles. The topological polar surface area (TPSA) is 17.1 Å². The van der Waals surface area contributed by atoms with Crippen molar-refractivity contribution in [3.05, 3.63) is 35.4 Å². The minimum absolute atomic E-state index is 0.217. The predicted molar refractivity (Wildman–Crippen MR) is 45.6 cm³/mol. The Morgan fingerprint density at radius 1 is 1.27 bits per heavy atom. The van der Waals surface area contributed by atoms with Gasteiger partial charge in [0.2, 0.25) is 0 Å². The molecule has 0 spiro atoms. The van der Waals surface area contributed by atoms with Crippen LogP contribution in [0.4, 0.5) is 0 Å². The maximum Gasteiger partial charge on any atom is 0.134 e. The fourth-order valence-corrected chi connectivity index (χ4v) is 0.993. The van der Waals surface area contributed by atoms with Crippen LogP contribution in [0, 0.1) is 6.92 Å². The van der Waals surface area contributed by atoms with Crippen LogP contribution in [0.2, 0.25) is 0 Å². The standard InChI is InChI=1S/C10H12O/c1-8-3-5-10(6-4-8)7-9(2)11/h3-6H,7H2,1-2H3. The molecule has 0 fully saturated rings. The number of carbonyl (C=O) groups is 1. The van der Waals surface area contributed by atoms with Crippen molar-refractivity contribution in [2.75, 3.05) is 0 Å². The Morgan fingerprint density at radius 2 is 1.82 bits per heavy atom. The van der Waals surface area contributed by atoms with Gasteiger partial charge in [-0.05, 0) is 19.4 Å². The highest BCUT2D eigenvalue weighted by molar-refractivity contribution is 5.78. The number of Topliss-reactive ketones (excluding diaryl/α,β-unsaturated/α-hetero) is 1. The van der Waals surface area contributed by atoms with Gasteiger partial charge in [0.05, 0.1) is 0 Å². The van der Waals surface area contributed by atoms with E-state index >= 15 is 0 Å². The molecule has 1 aromatic carbocycles. The average molecular weight is 148 g/mol. The van der Waals surface area contributed by atoms with Crippen molar-refractivity contribution in [3.8, 4) is 0 Å². The third kappa shape index (κ3) is 2.54. The van der Waals surface area contributed by atoms with Crippen LogP contribution in [0.1, 0.15) is 18.1 Å². The Morgan fingerprint density at radius 3 is 2.27 bits per heavy atom. The van der Waals surface area contributed by atoms with Gasteiger partial charge in [0.1, 0.15) is 5.78 Å². The molecule has 0 aliphatic rings. The molecule has 0 bridgehead atoms. The maximum atomic E-state index is 10.7. The van der Waals surface area contributed by atoms with Crippen LogP contribution in [0.5, 0.6) is 0 Å². The van der Waals surface area contributed by atoms with Gasteiger partial charge >= 0.3 is 0 Å². The summed E-state index contributed by atoms with van der Waals surface area (Å²) in [6.07, 6.45) is 0.556. The Kier molecular flexibility index (Phi) is 2.42. The largest absolute Gasteiger partial charge is 0.300 e. The van der Waals surface area contributed by atoms with E-state index in [1.807, 2.05) is 31.2 Å². The summed E-state index contributed by atoms with van der Waals surface area (Å²) in [7, 11) is 0. The van der Waals surface area contributed by atoms with Crippen LogP contribution in [0.15, 0.2) is 24.3 Å². The number of hydrogen-bond donors (Lipinski definition) is 0. The van der Waals surface area contributed by atoms with Crippen LogP contribution in [-0.4, -0.2) is 5.78 Å². The molecular weight excluding hydrogens is 136 g/mol. The zero-order valence-corrected chi connectivity index (χ0v) is 6.92. The number of ketones is 1. The third-order valence-corrected chi connectivity index (χ3v) is 1.57. The molecular formula is C10H12O. The van der Waals surface area contributed by atoms with E-state index in [0.717, 1.165) is 5.56 Å². The van der Waals surface area contributed by atoms with Gasteiger partial charge in [-0.25, -0.2) is 0 Å². The molecule has 0 aliphatic carbocycles. The van der Waals surface area contributed by atoms with Gasteiger partial charge in [0, 0.05) is 6.42 Å². The second-order valence-corrected chi connectivity index (χ2v) is 2.86. The second kappa shape index (κ2) is 3.33. The van der Waals surface area contributed by atoms with Crippen molar-refractivity contribution < 1.29 is 4.79 Å². The molecule has 0 saturated heterocycles. The summed E-state index contributed by atoms with van der Waals surface area (Å²) < 4.78 is 0. The zero-order valence-electron chi connectivity index (χ0n) is 6.92. The smallest absolute Gasteiger partial charge is 0.134 e. The van der Waals surface area contributed by atoms with E-state index < -0.39 is 0 Å². The van der Waals surface area contributed by atoms with Crippen molar-refractivity contribution in [1.29, 1.82) is 0 Å². The fraction of sp³-hybridized carbons (Fsp3) is 0.300. The molecule has 1 nitrogen and oxygen atoms in total. The van der Waals surface area contributed by atoms with Crippen LogP contribution < -0.4 is 0 Å². The van der Waals surface area contributed by atoms with Crippen molar-refractivity contribution in [3.63, 3.8) is 0 Å². The summed E-state index contributed by atoms with van der Waals surface area (Å²) in [6, 6.07) is 8.05. The summed E-state index contributed by atoms with van der Waals surface area (Å²) in [6.45, 7) is 3.65. The summed E-state index contributed by atoms with van der Waals surface area (Å²) in [5.74, 6) is 0.217. The highest BCUT2D eigenvalue weighted by atomic mass is 16.1. The summed E-state index contributed by atoms with van der Waals surface area (Å²) in [5.41, 5.74) is 2.33. The van der Waals surface area contributed by atoms with E-state index in [-0.39, 0.29) is 5.78 Å². The molecule has 0 aromatic heterocycles. The van der Waals surface area contributed by atoms with E-state index in [1.54, 1.807) is 6.92 Å². The first-order valence-corrected chi connectivity index (χ1v) is 3.73. The lowest BCUT2D eigenvalue weighted by Crippen LogP contribution is -1.95. The number of benzene rings is 1. The summed E-state index contributed by atoms with van der Waals surface area (Å²) in [5, 5.41) is 0. The molecule has 0 unspecified atom stereocenters. The van der Waals surface area contributed by atoms with E-state index in [1.165, 1.54) is 5.56 Å². The summed E-state index contributed by atoms with van der Waals surface area (Å²) >= 11 is 0. The van der Waals surface area contributed by atoms with Crippen molar-refractivity contribution in [2.45, 2.75) is 20.3 Å². The number of hydrogen-bond acceptors (Lipinski definition) is 1. The normalized spacial score (nSPS) is 9.64. The third-order valence-electron chi connectivity index (χ3n) is 1.57. The van der Waals surface area contributed by atoms with Crippen LogP contribution >= 0.6 is 0 Å². The number of aryl methyl sites for hydroxylation is 1. The van der Waals surface area contributed by atoms with Gasteiger partial charge in [-0.1, -0.05) is 29.8 Å². The van der Waals surface area contributed by atoms with Crippen molar-refractivity contribution in [2.24, 2.45) is 0 Å². The molecule has 1 aromatic rings. The molecule has 0 atom stereocenters. The molecule has 11 heavy (non-hydrogen) atoms. The zero-order chi connectivity index (χ0) is 8.27. The Labute approximate surface area is 67.1 Å². The molecule has 0 amide bonds. The van der Waals surface area contributed by atoms with E-state index in [9.17, 15) is 4.79 Å². The highest BCUT2D eigenvalue weighted by Crippen LogP contribution is 2.03. The fourth-order valence-electron chi connectivity index (χ4n) is 0.993. The van der Waals surface area contributed by atoms with Gasteiger partial charge in [-0.15, -0.1) is 0 Å². The van der Waals surface area contributed by atoms with Gasteiger partial charge in [-0.2, -0.15) is 0 Å².